The number of hydrogen-bond donors (Lipinski definition) is 5. The number of hydrogen-bond acceptors (Lipinski definition) is 9. The highest BCUT2D eigenvalue weighted by molar-refractivity contribution is 5.82. The molecule has 0 aromatic heterocycles. The van der Waals surface area contributed by atoms with Crippen molar-refractivity contribution in [3.05, 3.63) is 24.3 Å². The molecule has 0 saturated heterocycles. The van der Waals surface area contributed by atoms with Gasteiger partial charge in [-0.25, -0.2) is 0 Å². The first-order valence-electron chi connectivity index (χ1n) is 24.3. The highest BCUT2D eigenvalue weighted by Gasteiger charge is 2.25. The number of carbonyl (C=O) groups is 3. The van der Waals surface area contributed by atoms with Crippen molar-refractivity contribution in [3.8, 4) is 0 Å². The number of ether oxygens (including phenoxy) is 2. The molecule has 0 spiro atoms. The first kappa shape index (κ1) is 55.7. The number of esters is 2. The normalized spacial score (nSPS) is 12.2. The number of allylic oxidation sites excluding steroid dienone is 4. The maximum absolute atomic E-state index is 13.5. The summed E-state index contributed by atoms with van der Waals surface area (Å²) in [5.74, 6) is -1.33. The van der Waals surface area contributed by atoms with Gasteiger partial charge in [-0.15, -0.1) is 0 Å². The van der Waals surface area contributed by atoms with Gasteiger partial charge in [-0.1, -0.05) is 141 Å². The van der Waals surface area contributed by atoms with Gasteiger partial charge in [0.05, 0.1) is 6.04 Å². The van der Waals surface area contributed by atoms with Crippen molar-refractivity contribution in [1.82, 2.24) is 16.0 Å². The van der Waals surface area contributed by atoms with Gasteiger partial charge in [-0.2, -0.15) is 0 Å². The predicted molar refractivity (Wildman–Crippen MR) is 244 cm³/mol. The van der Waals surface area contributed by atoms with E-state index >= 15 is 0 Å². The maximum Gasteiger partial charge on any atom is 0.331 e. The Labute approximate surface area is 357 Å². The van der Waals surface area contributed by atoms with Gasteiger partial charge < -0.3 is 31.6 Å². The fourth-order valence-corrected chi connectivity index (χ4v) is 6.82. The van der Waals surface area contributed by atoms with Crippen molar-refractivity contribution in [2.75, 3.05) is 32.7 Å². The summed E-state index contributed by atoms with van der Waals surface area (Å²) in [6, 6.07) is -0.543. The summed E-state index contributed by atoms with van der Waals surface area (Å²) in [7, 11) is 0. The van der Waals surface area contributed by atoms with E-state index in [9.17, 15) is 14.4 Å². The van der Waals surface area contributed by atoms with Gasteiger partial charge in [-0.05, 0) is 123 Å². The molecule has 0 radical (unpaired) electrons. The van der Waals surface area contributed by atoms with E-state index in [1.807, 2.05) is 0 Å². The van der Waals surface area contributed by atoms with E-state index in [0.717, 1.165) is 96.6 Å². The van der Waals surface area contributed by atoms with E-state index in [1.54, 1.807) is 0 Å². The van der Waals surface area contributed by atoms with Crippen LogP contribution in [0.25, 0.3) is 0 Å². The summed E-state index contributed by atoms with van der Waals surface area (Å²) in [5.41, 5.74) is 11.3. The van der Waals surface area contributed by atoms with Crippen LogP contribution in [0, 0.1) is 0 Å². The number of rotatable bonds is 45. The molecule has 10 heteroatoms. The third kappa shape index (κ3) is 40.5. The monoisotopic (exact) mass is 820 g/mol. The van der Waals surface area contributed by atoms with Crippen LogP contribution in [0.2, 0.25) is 0 Å². The lowest BCUT2D eigenvalue weighted by Crippen LogP contribution is -2.51. The molecule has 58 heavy (non-hydrogen) atoms. The predicted octanol–water partition coefficient (Wildman–Crippen LogP) is 10.6. The molecule has 1 atom stereocenters. The van der Waals surface area contributed by atoms with E-state index in [2.05, 4.69) is 54.1 Å². The van der Waals surface area contributed by atoms with Gasteiger partial charge in [0.2, 0.25) is 5.91 Å². The molecule has 0 fully saturated rings. The smallest absolute Gasteiger partial charge is 0.331 e. The molecule has 1 unspecified atom stereocenters. The van der Waals surface area contributed by atoms with Gasteiger partial charge >= 0.3 is 18.4 Å². The average Bonchev–Trinajstić information content (AvgIpc) is 3.21. The van der Waals surface area contributed by atoms with Crippen LogP contribution in [0.3, 0.4) is 0 Å². The second-order valence-corrected chi connectivity index (χ2v) is 16.2. The Morgan fingerprint density at radius 2 is 0.862 bits per heavy atom. The summed E-state index contributed by atoms with van der Waals surface area (Å²) in [6.45, 7) is 7.80. The molecule has 0 saturated carbocycles. The Balaban J connectivity index is 4.76. The highest BCUT2D eigenvalue weighted by Crippen LogP contribution is 2.13. The minimum atomic E-state index is -1.46. The summed E-state index contributed by atoms with van der Waals surface area (Å²) >= 11 is 0. The van der Waals surface area contributed by atoms with Crippen molar-refractivity contribution in [1.29, 1.82) is 0 Å². The molecule has 0 rings (SSSR count). The molecule has 0 aromatic rings. The summed E-state index contributed by atoms with van der Waals surface area (Å²) in [5, 5.41) is 9.32. The zero-order valence-corrected chi connectivity index (χ0v) is 37.8. The second-order valence-electron chi connectivity index (χ2n) is 16.2. The summed E-state index contributed by atoms with van der Waals surface area (Å²) in [4.78, 5) is 39.3. The molecule has 7 N–H and O–H groups in total. The molecular weight excluding hydrogens is 727 g/mol. The van der Waals surface area contributed by atoms with Gasteiger partial charge in [0, 0.05) is 12.8 Å². The number of carbonyl (C=O) groups excluding carboxylic acids is 3. The lowest BCUT2D eigenvalue weighted by Gasteiger charge is -2.23. The molecule has 1 amide bonds. The lowest BCUT2D eigenvalue weighted by molar-refractivity contribution is -0.194. The van der Waals surface area contributed by atoms with Gasteiger partial charge in [0.15, 0.2) is 0 Å². The van der Waals surface area contributed by atoms with E-state index in [4.69, 9.17) is 20.9 Å². The molecule has 0 aromatic carbocycles. The van der Waals surface area contributed by atoms with Crippen molar-refractivity contribution < 1.29 is 23.9 Å². The van der Waals surface area contributed by atoms with E-state index in [0.29, 0.717) is 38.9 Å². The van der Waals surface area contributed by atoms with Crippen molar-refractivity contribution in [2.45, 2.75) is 232 Å². The number of nitrogens with one attached hydrogen (secondary N) is 3. The van der Waals surface area contributed by atoms with Crippen molar-refractivity contribution in [3.63, 3.8) is 0 Å². The minimum Gasteiger partial charge on any atom is -0.406 e. The Morgan fingerprint density at radius 1 is 0.483 bits per heavy atom. The topological polar surface area (TPSA) is 158 Å². The summed E-state index contributed by atoms with van der Waals surface area (Å²) in [6.07, 6.45) is 41.7. The first-order chi connectivity index (χ1) is 28.5. The van der Waals surface area contributed by atoms with E-state index in [-0.39, 0.29) is 18.7 Å². The number of nitrogens with two attached hydrogens (primary N) is 2. The third-order valence-corrected chi connectivity index (χ3v) is 10.5. The molecule has 0 bridgehead atoms. The molecule has 0 aliphatic carbocycles. The quantitative estimate of drug-likeness (QED) is 0.0175. The van der Waals surface area contributed by atoms with Crippen LogP contribution in [0.5, 0.6) is 0 Å². The molecule has 10 nitrogen and oxygen atoms in total. The zero-order valence-electron chi connectivity index (χ0n) is 37.8. The van der Waals surface area contributed by atoms with Crippen LogP contribution in [0.1, 0.15) is 219 Å². The molecular formula is C48H93N5O5. The fourth-order valence-electron chi connectivity index (χ4n) is 6.82. The van der Waals surface area contributed by atoms with Crippen LogP contribution in [0.15, 0.2) is 24.3 Å². The van der Waals surface area contributed by atoms with E-state index in [1.165, 1.54) is 89.9 Å². The molecule has 340 valence electrons. The van der Waals surface area contributed by atoms with Crippen LogP contribution in [-0.4, -0.2) is 63.0 Å². The summed E-state index contributed by atoms with van der Waals surface area (Å²) < 4.78 is 11.2. The average molecular weight is 820 g/mol. The Bertz CT molecular complexity index is 924. The third-order valence-electron chi connectivity index (χ3n) is 10.5. The standard InChI is InChI=1S/C48H93N5O5/c1-3-5-7-9-11-13-15-17-19-21-23-25-27-29-31-37-45(54)57-48(53-47(56)44(52-43-35-40-50)36-33-41-51-42-34-39-49)58-46(55)38-32-30-28-26-24-22-20-18-16-14-12-10-8-6-4-2/h17-20,44,48,51-52H,3-16,21-43,49-50H2,1-2H3,(H,53,56)/b19-17+,20-18+. The second kappa shape index (κ2) is 45.8. The van der Waals surface area contributed by atoms with Gasteiger partial charge in [0.1, 0.15) is 0 Å². The van der Waals surface area contributed by atoms with Crippen LogP contribution in [0.4, 0.5) is 0 Å². The largest absolute Gasteiger partial charge is 0.406 e. The van der Waals surface area contributed by atoms with Gasteiger partial charge in [-0.3, -0.25) is 19.7 Å². The molecule has 0 heterocycles. The molecule has 0 aliphatic rings. The Morgan fingerprint density at radius 3 is 1.29 bits per heavy atom. The van der Waals surface area contributed by atoms with Gasteiger partial charge in [0.25, 0.3) is 0 Å². The van der Waals surface area contributed by atoms with Crippen LogP contribution < -0.4 is 27.4 Å². The van der Waals surface area contributed by atoms with Crippen LogP contribution >= 0.6 is 0 Å². The maximum atomic E-state index is 13.5. The lowest BCUT2D eigenvalue weighted by atomic mass is 10.1. The minimum absolute atomic E-state index is 0.211. The number of unbranched alkanes of at least 4 members (excludes halogenated alkanes) is 22. The highest BCUT2D eigenvalue weighted by atomic mass is 16.7. The van der Waals surface area contributed by atoms with Crippen LogP contribution in [-0.2, 0) is 23.9 Å². The molecule has 0 aliphatic heterocycles. The van der Waals surface area contributed by atoms with Crippen molar-refractivity contribution in [2.24, 2.45) is 11.5 Å². The fraction of sp³-hybridized carbons (Fsp3) is 0.854. The zero-order chi connectivity index (χ0) is 42.4. The Hall–Kier alpha value is -2.27. The van der Waals surface area contributed by atoms with E-state index < -0.39 is 24.4 Å². The van der Waals surface area contributed by atoms with Crippen molar-refractivity contribution >= 4 is 17.8 Å². The SMILES string of the molecule is CCCCCCCC/C=C/CCCCCCCC(=O)OC(NC(=O)C(CCCNCCCN)NCCCN)OC(=O)CCCCCCC/C=C/CCCCCCCC. The first-order valence-corrected chi connectivity index (χ1v) is 24.3. The Kier molecular flexibility index (Phi) is 44.0. The number of amides is 1.